The number of rotatable bonds is 10. The van der Waals surface area contributed by atoms with Crippen LogP contribution in [0, 0.1) is 6.92 Å². The van der Waals surface area contributed by atoms with E-state index in [0.717, 1.165) is 16.5 Å². The number of carbonyl (C=O) groups excluding carboxylic acids is 1. The number of nitrogens with zero attached hydrogens (tertiary/aromatic N) is 1. The molecule has 33 heavy (non-hydrogen) atoms. The summed E-state index contributed by atoms with van der Waals surface area (Å²) in [4.78, 5) is 15.0. The minimum atomic E-state index is -3.94. The van der Waals surface area contributed by atoms with Crippen LogP contribution in [0.4, 0.5) is 0 Å². The maximum atomic E-state index is 13.4. The molecule has 0 saturated heterocycles. The Morgan fingerprint density at radius 2 is 1.64 bits per heavy atom. The first-order valence-corrected chi connectivity index (χ1v) is 12.4. The van der Waals surface area contributed by atoms with E-state index in [1.807, 2.05) is 86.6 Å². The highest BCUT2D eigenvalue weighted by molar-refractivity contribution is 7.89. The van der Waals surface area contributed by atoms with Gasteiger partial charge >= 0.3 is 0 Å². The van der Waals surface area contributed by atoms with E-state index < -0.39 is 16.1 Å². The molecule has 3 rings (SSSR count). The zero-order valence-electron chi connectivity index (χ0n) is 19.3. The standard InChI is InChI=1S/C26H31N3O3S/c1-20-16-17-25(23-14-8-7-13-22(20)23)33(31,32)28-24(26(30)27-18-19-29(2)3)15-9-12-21-10-5-4-6-11-21/h4-14,16-17,24,28H,15,18-19H2,1-3H3,(H,27,30)/t24-/m1/s1. The smallest absolute Gasteiger partial charge is 0.241 e. The summed E-state index contributed by atoms with van der Waals surface area (Å²) in [6, 6.07) is 19.5. The van der Waals surface area contributed by atoms with Gasteiger partial charge < -0.3 is 10.2 Å². The molecule has 1 amide bonds. The highest BCUT2D eigenvalue weighted by atomic mass is 32.2. The molecule has 7 heteroatoms. The largest absolute Gasteiger partial charge is 0.353 e. The first kappa shape index (κ1) is 24.6. The van der Waals surface area contributed by atoms with Gasteiger partial charge in [0.2, 0.25) is 15.9 Å². The van der Waals surface area contributed by atoms with Gasteiger partial charge in [0.15, 0.2) is 0 Å². The van der Waals surface area contributed by atoms with E-state index in [-0.39, 0.29) is 17.2 Å². The van der Waals surface area contributed by atoms with Gasteiger partial charge in [-0.2, -0.15) is 4.72 Å². The fourth-order valence-electron chi connectivity index (χ4n) is 3.55. The van der Waals surface area contributed by atoms with Crippen LogP contribution in [0.1, 0.15) is 17.5 Å². The van der Waals surface area contributed by atoms with Crippen molar-refractivity contribution in [2.24, 2.45) is 0 Å². The number of aryl methyl sites for hydroxylation is 1. The van der Waals surface area contributed by atoms with Crippen molar-refractivity contribution in [1.82, 2.24) is 14.9 Å². The van der Waals surface area contributed by atoms with Crippen molar-refractivity contribution in [3.63, 3.8) is 0 Å². The zero-order valence-corrected chi connectivity index (χ0v) is 20.1. The van der Waals surface area contributed by atoms with Crippen LogP contribution in [0.25, 0.3) is 16.8 Å². The molecule has 0 saturated carbocycles. The molecule has 3 aromatic carbocycles. The van der Waals surface area contributed by atoms with Gasteiger partial charge in [-0.1, -0.05) is 72.8 Å². The molecule has 174 valence electrons. The molecule has 0 radical (unpaired) electrons. The van der Waals surface area contributed by atoms with Gasteiger partial charge in [-0.15, -0.1) is 0 Å². The van der Waals surface area contributed by atoms with Crippen LogP contribution in [0.2, 0.25) is 0 Å². The summed E-state index contributed by atoms with van der Waals surface area (Å²) in [5.74, 6) is -0.352. The van der Waals surface area contributed by atoms with Gasteiger partial charge in [0, 0.05) is 18.5 Å². The van der Waals surface area contributed by atoms with E-state index in [9.17, 15) is 13.2 Å². The molecule has 0 fully saturated rings. The van der Waals surface area contributed by atoms with Crippen molar-refractivity contribution in [2.75, 3.05) is 27.2 Å². The molecule has 0 aliphatic heterocycles. The Hall–Kier alpha value is -3.00. The first-order chi connectivity index (χ1) is 15.8. The maximum absolute atomic E-state index is 13.4. The molecule has 0 aliphatic rings. The van der Waals surface area contributed by atoms with Crippen LogP contribution in [-0.2, 0) is 14.8 Å². The number of fused-ring (bicyclic) bond motifs is 1. The lowest BCUT2D eigenvalue weighted by atomic mass is 10.1. The lowest BCUT2D eigenvalue weighted by Gasteiger charge is -2.19. The second kappa shape index (κ2) is 11.2. The summed E-state index contributed by atoms with van der Waals surface area (Å²) in [6.45, 7) is 3.04. The average molecular weight is 466 g/mol. The Morgan fingerprint density at radius 1 is 0.970 bits per heavy atom. The molecule has 0 bridgehead atoms. The molecule has 3 aromatic rings. The highest BCUT2D eigenvalue weighted by Crippen LogP contribution is 2.26. The summed E-state index contributed by atoms with van der Waals surface area (Å²) >= 11 is 0. The number of sulfonamides is 1. The SMILES string of the molecule is Cc1ccc(S(=O)(=O)N[C@H](CC=Cc2ccccc2)C(=O)NCCN(C)C)c2ccccc12. The lowest BCUT2D eigenvalue weighted by Crippen LogP contribution is -2.47. The second-order valence-corrected chi connectivity index (χ2v) is 9.93. The van der Waals surface area contributed by atoms with Gasteiger partial charge in [0.25, 0.3) is 0 Å². The minimum absolute atomic E-state index is 0.168. The van der Waals surface area contributed by atoms with Gasteiger partial charge in [-0.3, -0.25) is 4.79 Å². The van der Waals surface area contributed by atoms with Crippen LogP contribution in [0.15, 0.2) is 77.7 Å². The van der Waals surface area contributed by atoms with E-state index in [1.165, 1.54) is 0 Å². The van der Waals surface area contributed by atoms with Crippen LogP contribution in [0.3, 0.4) is 0 Å². The van der Waals surface area contributed by atoms with Gasteiger partial charge in [0.05, 0.1) is 4.90 Å². The van der Waals surface area contributed by atoms with Crippen molar-refractivity contribution in [3.8, 4) is 0 Å². The van der Waals surface area contributed by atoms with Crippen LogP contribution in [-0.4, -0.2) is 52.5 Å². The third-order valence-corrected chi connectivity index (χ3v) is 6.88. The summed E-state index contributed by atoms with van der Waals surface area (Å²) in [7, 11) is -0.111. The second-order valence-electron chi connectivity index (χ2n) is 8.24. The van der Waals surface area contributed by atoms with Gasteiger partial charge in [-0.05, 0) is 50.0 Å². The maximum Gasteiger partial charge on any atom is 0.241 e. The zero-order chi connectivity index (χ0) is 23.8. The number of nitrogens with one attached hydrogen (secondary N) is 2. The molecule has 1 atom stereocenters. The Kier molecular flexibility index (Phi) is 8.38. The van der Waals surface area contributed by atoms with Crippen molar-refractivity contribution in [1.29, 1.82) is 0 Å². The third kappa shape index (κ3) is 6.74. The van der Waals surface area contributed by atoms with Crippen molar-refractivity contribution in [2.45, 2.75) is 24.3 Å². The van der Waals surface area contributed by atoms with Gasteiger partial charge in [0.1, 0.15) is 6.04 Å². The average Bonchev–Trinajstić information content (AvgIpc) is 2.79. The van der Waals surface area contributed by atoms with Crippen LogP contribution >= 0.6 is 0 Å². The van der Waals surface area contributed by atoms with Crippen molar-refractivity contribution in [3.05, 3.63) is 83.9 Å². The number of hydrogen-bond donors (Lipinski definition) is 2. The summed E-state index contributed by atoms with van der Waals surface area (Å²) in [6.07, 6.45) is 3.93. The van der Waals surface area contributed by atoms with Crippen molar-refractivity contribution >= 4 is 32.8 Å². The number of amides is 1. The van der Waals surface area contributed by atoms with Gasteiger partial charge in [-0.25, -0.2) is 8.42 Å². The number of likely N-dealkylation sites (N-methyl/N-ethyl adjacent to an activating group) is 1. The molecular formula is C26H31N3O3S. The number of carbonyl (C=O) groups is 1. The number of hydrogen-bond acceptors (Lipinski definition) is 4. The summed E-state index contributed by atoms with van der Waals surface area (Å²) < 4.78 is 29.4. The summed E-state index contributed by atoms with van der Waals surface area (Å²) in [5.41, 5.74) is 1.98. The quantitative estimate of drug-likeness (QED) is 0.480. The van der Waals surface area contributed by atoms with Crippen LogP contribution < -0.4 is 10.0 Å². The first-order valence-electron chi connectivity index (χ1n) is 10.9. The molecule has 0 aromatic heterocycles. The molecule has 0 unspecified atom stereocenters. The van der Waals surface area contributed by atoms with E-state index in [4.69, 9.17) is 0 Å². The monoisotopic (exact) mass is 465 g/mol. The molecule has 0 aliphatic carbocycles. The highest BCUT2D eigenvalue weighted by Gasteiger charge is 2.26. The Bertz CT molecular complexity index is 1220. The molecule has 0 spiro atoms. The Labute approximate surface area is 196 Å². The van der Waals surface area contributed by atoms with E-state index in [2.05, 4.69) is 10.0 Å². The fraction of sp³-hybridized carbons (Fsp3) is 0.269. The Morgan fingerprint density at radius 3 is 2.33 bits per heavy atom. The van der Waals surface area contributed by atoms with E-state index in [0.29, 0.717) is 18.5 Å². The van der Waals surface area contributed by atoms with Crippen molar-refractivity contribution < 1.29 is 13.2 Å². The predicted octanol–water partition coefficient (Wildman–Crippen LogP) is 3.58. The number of benzene rings is 3. The van der Waals surface area contributed by atoms with Crippen LogP contribution in [0.5, 0.6) is 0 Å². The minimum Gasteiger partial charge on any atom is -0.353 e. The lowest BCUT2D eigenvalue weighted by molar-refractivity contribution is -0.122. The Balaban J connectivity index is 1.85. The normalized spacial score (nSPS) is 13.0. The summed E-state index contributed by atoms with van der Waals surface area (Å²) in [5, 5.41) is 4.35. The molecule has 2 N–H and O–H groups in total. The van der Waals surface area contributed by atoms with E-state index in [1.54, 1.807) is 18.2 Å². The third-order valence-electron chi connectivity index (χ3n) is 5.35. The molecule has 6 nitrogen and oxygen atoms in total. The topological polar surface area (TPSA) is 78.5 Å². The molecule has 0 heterocycles. The molecular weight excluding hydrogens is 434 g/mol. The van der Waals surface area contributed by atoms with E-state index >= 15 is 0 Å². The fourth-order valence-corrected chi connectivity index (χ4v) is 4.97. The predicted molar refractivity (Wildman–Crippen MR) is 134 cm³/mol.